The van der Waals surface area contributed by atoms with Crippen LogP contribution >= 0.6 is 0 Å². The molecule has 0 spiro atoms. The lowest BCUT2D eigenvalue weighted by atomic mass is 9.92. The van der Waals surface area contributed by atoms with Gasteiger partial charge < -0.3 is 4.90 Å². The Bertz CT molecular complexity index is 797. The molecule has 2 unspecified atom stereocenters. The van der Waals surface area contributed by atoms with Gasteiger partial charge in [-0.2, -0.15) is 5.26 Å². The quantitative estimate of drug-likeness (QED) is 0.864. The van der Waals surface area contributed by atoms with Gasteiger partial charge in [0.05, 0.1) is 11.3 Å². The van der Waals surface area contributed by atoms with E-state index in [1.54, 1.807) is 6.20 Å². The van der Waals surface area contributed by atoms with Crippen LogP contribution in [0.15, 0.2) is 36.7 Å². The standard InChI is InChI=1S/C20H23N5/c1-15-4-2-8-22-18(15)13-24-10-6-16-7-11-25(14-19(16)24)20-17(12-21)5-3-9-23-20/h2-5,8-9,16,19H,6-7,10-11,13-14H2,1H3. The van der Waals surface area contributed by atoms with Crippen LogP contribution in [0.5, 0.6) is 0 Å². The molecule has 5 heteroatoms. The van der Waals surface area contributed by atoms with E-state index in [0.717, 1.165) is 37.9 Å². The molecular formula is C20H23N5. The van der Waals surface area contributed by atoms with E-state index >= 15 is 0 Å². The minimum Gasteiger partial charge on any atom is -0.354 e. The highest BCUT2D eigenvalue weighted by Gasteiger charge is 2.39. The lowest BCUT2D eigenvalue weighted by Gasteiger charge is -2.39. The number of nitriles is 1. The van der Waals surface area contributed by atoms with Crippen LogP contribution in [0, 0.1) is 24.2 Å². The van der Waals surface area contributed by atoms with Gasteiger partial charge in [-0.05, 0) is 56.0 Å². The molecule has 0 saturated carbocycles. The maximum atomic E-state index is 9.38. The van der Waals surface area contributed by atoms with Gasteiger partial charge in [0.25, 0.3) is 0 Å². The Labute approximate surface area is 148 Å². The van der Waals surface area contributed by atoms with Crippen LogP contribution in [-0.4, -0.2) is 40.5 Å². The van der Waals surface area contributed by atoms with Crippen LogP contribution in [0.25, 0.3) is 0 Å². The predicted octanol–water partition coefficient (Wildman–Crippen LogP) is 2.76. The molecule has 2 atom stereocenters. The SMILES string of the molecule is Cc1cccnc1CN1CCC2CCN(c3ncccc3C#N)CC21. The van der Waals surface area contributed by atoms with Gasteiger partial charge in [0.15, 0.2) is 0 Å². The molecule has 4 rings (SSSR count). The molecule has 4 heterocycles. The maximum Gasteiger partial charge on any atom is 0.146 e. The topological polar surface area (TPSA) is 56.1 Å². The first-order valence-corrected chi connectivity index (χ1v) is 9.01. The third-order valence-electron chi connectivity index (χ3n) is 5.65. The second kappa shape index (κ2) is 6.81. The van der Waals surface area contributed by atoms with Crippen LogP contribution in [0.4, 0.5) is 5.82 Å². The van der Waals surface area contributed by atoms with Gasteiger partial charge in [-0.25, -0.2) is 4.98 Å². The summed E-state index contributed by atoms with van der Waals surface area (Å²) in [5, 5.41) is 9.38. The third-order valence-corrected chi connectivity index (χ3v) is 5.65. The van der Waals surface area contributed by atoms with Gasteiger partial charge in [-0.1, -0.05) is 6.07 Å². The van der Waals surface area contributed by atoms with E-state index in [1.807, 2.05) is 24.4 Å². The Morgan fingerprint density at radius 2 is 1.96 bits per heavy atom. The molecule has 0 N–H and O–H groups in total. The van der Waals surface area contributed by atoms with Crippen molar-refractivity contribution in [2.45, 2.75) is 32.4 Å². The summed E-state index contributed by atoms with van der Waals surface area (Å²) in [5.74, 6) is 1.58. The van der Waals surface area contributed by atoms with Crippen LogP contribution in [-0.2, 0) is 6.54 Å². The molecule has 0 radical (unpaired) electrons. The van der Waals surface area contributed by atoms with Gasteiger partial charge in [-0.3, -0.25) is 9.88 Å². The van der Waals surface area contributed by atoms with E-state index < -0.39 is 0 Å². The van der Waals surface area contributed by atoms with Crippen LogP contribution in [0.2, 0.25) is 0 Å². The van der Waals surface area contributed by atoms with Crippen molar-refractivity contribution in [3.8, 4) is 6.07 Å². The van der Waals surface area contributed by atoms with Gasteiger partial charge in [0.2, 0.25) is 0 Å². The molecule has 128 valence electrons. The molecule has 0 amide bonds. The molecule has 2 aromatic heterocycles. The first-order valence-electron chi connectivity index (χ1n) is 9.01. The van der Waals surface area contributed by atoms with Crippen LogP contribution < -0.4 is 4.90 Å². The molecular weight excluding hydrogens is 310 g/mol. The van der Waals surface area contributed by atoms with E-state index in [9.17, 15) is 5.26 Å². The highest BCUT2D eigenvalue weighted by atomic mass is 15.3. The normalized spacial score (nSPS) is 23.3. The zero-order valence-electron chi connectivity index (χ0n) is 14.6. The summed E-state index contributed by atoms with van der Waals surface area (Å²) in [6, 6.07) is 10.6. The minimum absolute atomic E-state index is 0.517. The highest BCUT2D eigenvalue weighted by Crippen LogP contribution is 2.34. The molecule has 0 aromatic carbocycles. The number of aryl methyl sites for hydroxylation is 1. The summed E-state index contributed by atoms with van der Waals surface area (Å²) in [6.07, 6.45) is 6.10. The number of likely N-dealkylation sites (tertiary alicyclic amines) is 1. The smallest absolute Gasteiger partial charge is 0.146 e. The number of fused-ring (bicyclic) bond motifs is 1. The Kier molecular flexibility index (Phi) is 4.37. The van der Waals surface area contributed by atoms with E-state index in [2.05, 4.69) is 38.8 Å². The van der Waals surface area contributed by atoms with Crippen molar-refractivity contribution in [2.24, 2.45) is 5.92 Å². The Balaban J connectivity index is 1.53. The summed E-state index contributed by atoms with van der Waals surface area (Å²) in [7, 11) is 0. The molecule has 2 saturated heterocycles. The number of hydrogen-bond acceptors (Lipinski definition) is 5. The third kappa shape index (κ3) is 3.10. The molecule has 2 aromatic rings. The predicted molar refractivity (Wildman–Crippen MR) is 97.1 cm³/mol. The molecule has 5 nitrogen and oxygen atoms in total. The largest absolute Gasteiger partial charge is 0.354 e. The Hall–Kier alpha value is -2.45. The van der Waals surface area contributed by atoms with E-state index in [1.165, 1.54) is 24.1 Å². The molecule has 0 bridgehead atoms. The zero-order valence-corrected chi connectivity index (χ0v) is 14.6. The summed E-state index contributed by atoms with van der Waals surface area (Å²) < 4.78 is 0. The Morgan fingerprint density at radius 1 is 1.16 bits per heavy atom. The lowest BCUT2D eigenvalue weighted by molar-refractivity contribution is 0.198. The summed E-state index contributed by atoms with van der Waals surface area (Å²) >= 11 is 0. The first-order chi connectivity index (χ1) is 12.3. The van der Waals surface area contributed by atoms with Gasteiger partial charge >= 0.3 is 0 Å². The van der Waals surface area contributed by atoms with Gasteiger partial charge in [0.1, 0.15) is 11.9 Å². The van der Waals surface area contributed by atoms with Gasteiger partial charge in [-0.15, -0.1) is 0 Å². The fraction of sp³-hybridized carbons (Fsp3) is 0.450. The van der Waals surface area contributed by atoms with Crippen molar-refractivity contribution in [1.82, 2.24) is 14.9 Å². The average Bonchev–Trinajstić information content (AvgIpc) is 3.05. The number of rotatable bonds is 3. The molecule has 2 fully saturated rings. The van der Waals surface area contributed by atoms with Crippen molar-refractivity contribution in [3.05, 3.63) is 53.5 Å². The second-order valence-corrected chi connectivity index (χ2v) is 7.07. The average molecular weight is 333 g/mol. The molecule has 0 aliphatic carbocycles. The fourth-order valence-corrected chi connectivity index (χ4v) is 4.23. The van der Waals surface area contributed by atoms with Crippen LogP contribution in [0.1, 0.15) is 29.7 Å². The highest BCUT2D eigenvalue weighted by molar-refractivity contribution is 5.54. The van der Waals surface area contributed by atoms with Gasteiger partial charge in [0, 0.05) is 38.1 Å². The van der Waals surface area contributed by atoms with E-state index in [4.69, 9.17) is 0 Å². The molecule has 2 aliphatic heterocycles. The van der Waals surface area contributed by atoms with E-state index in [-0.39, 0.29) is 0 Å². The number of pyridine rings is 2. The lowest BCUT2D eigenvalue weighted by Crippen LogP contribution is -2.48. The monoisotopic (exact) mass is 333 g/mol. The number of aromatic nitrogens is 2. The van der Waals surface area contributed by atoms with Crippen molar-refractivity contribution in [3.63, 3.8) is 0 Å². The summed E-state index contributed by atoms with van der Waals surface area (Å²) in [6.45, 7) is 6.11. The first kappa shape index (κ1) is 16.0. The molecule has 2 aliphatic rings. The van der Waals surface area contributed by atoms with Crippen LogP contribution in [0.3, 0.4) is 0 Å². The maximum absolute atomic E-state index is 9.38. The second-order valence-electron chi connectivity index (χ2n) is 7.07. The summed E-state index contributed by atoms with van der Waals surface area (Å²) in [4.78, 5) is 13.9. The Morgan fingerprint density at radius 3 is 2.80 bits per heavy atom. The van der Waals surface area contributed by atoms with Crippen molar-refractivity contribution in [2.75, 3.05) is 24.5 Å². The number of piperidine rings is 1. The fourth-order valence-electron chi connectivity index (χ4n) is 4.23. The van der Waals surface area contributed by atoms with Crippen molar-refractivity contribution >= 4 is 5.82 Å². The molecule has 25 heavy (non-hydrogen) atoms. The zero-order chi connectivity index (χ0) is 17.2. The van der Waals surface area contributed by atoms with Crippen molar-refractivity contribution in [1.29, 1.82) is 5.26 Å². The number of hydrogen-bond donors (Lipinski definition) is 0. The number of nitrogens with zero attached hydrogens (tertiary/aromatic N) is 5. The minimum atomic E-state index is 0.517. The van der Waals surface area contributed by atoms with Crippen molar-refractivity contribution < 1.29 is 0 Å². The summed E-state index contributed by atoms with van der Waals surface area (Å²) in [5.41, 5.74) is 3.11. The number of anilines is 1. The van der Waals surface area contributed by atoms with E-state index in [0.29, 0.717) is 11.6 Å².